The van der Waals surface area contributed by atoms with Crippen molar-refractivity contribution in [3.8, 4) is 11.1 Å². The fraction of sp³-hybridized carbons (Fsp3) is 0.500. The van der Waals surface area contributed by atoms with Crippen LogP contribution in [0.15, 0.2) is 78.6 Å². The van der Waals surface area contributed by atoms with Gasteiger partial charge in [-0.15, -0.1) is 0 Å². The molecule has 2 aliphatic carbocycles. The third kappa shape index (κ3) is 9.53. The molecule has 2 saturated carbocycles. The fourth-order valence-corrected chi connectivity index (χ4v) is 7.56. The molecule has 0 radical (unpaired) electrons. The number of rotatable bonds is 11. The molecule has 0 nitrogen and oxygen atoms in total. The third-order valence-electron chi connectivity index (χ3n) is 10.4. The van der Waals surface area contributed by atoms with Crippen LogP contribution < -0.4 is 0 Å². The highest BCUT2D eigenvalue weighted by Crippen LogP contribution is 2.41. The molecule has 5 rings (SSSR count). The van der Waals surface area contributed by atoms with E-state index in [0.29, 0.717) is 50.0 Å². The van der Waals surface area contributed by atoms with E-state index in [2.05, 4.69) is 55.5 Å². The molecule has 3 aromatic rings. The molecular formula is C40H47F5. The Kier molecular flexibility index (Phi) is 11.6. The van der Waals surface area contributed by atoms with Gasteiger partial charge >= 0.3 is 6.18 Å². The van der Waals surface area contributed by atoms with E-state index in [-0.39, 0.29) is 17.8 Å². The second-order valence-electron chi connectivity index (χ2n) is 13.5. The summed E-state index contributed by atoms with van der Waals surface area (Å²) in [6.07, 6.45) is 9.32. The summed E-state index contributed by atoms with van der Waals surface area (Å²) in [5.41, 5.74) is 6.29. The molecule has 0 saturated heterocycles. The monoisotopic (exact) mass is 622 g/mol. The second kappa shape index (κ2) is 15.6. The maximum atomic E-state index is 15.1. The Hall–Kier alpha value is -2.95. The number of halogens is 5. The average Bonchev–Trinajstić information content (AvgIpc) is 3.04. The molecule has 0 aromatic heterocycles. The number of allylic oxidation sites excluding steroid dienone is 2. The van der Waals surface area contributed by atoms with Crippen LogP contribution in [0, 0.1) is 17.7 Å². The molecule has 3 aromatic carbocycles. The summed E-state index contributed by atoms with van der Waals surface area (Å²) >= 11 is 0. The third-order valence-corrected chi connectivity index (χ3v) is 10.4. The van der Waals surface area contributed by atoms with Crippen molar-refractivity contribution in [3.63, 3.8) is 0 Å². The van der Waals surface area contributed by atoms with Crippen molar-refractivity contribution < 1.29 is 22.0 Å². The summed E-state index contributed by atoms with van der Waals surface area (Å²) in [5, 5.41) is 0. The zero-order valence-electron chi connectivity index (χ0n) is 26.5. The van der Waals surface area contributed by atoms with Gasteiger partial charge in [-0.1, -0.05) is 93.3 Å². The van der Waals surface area contributed by atoms with Gasteiger partial charge in [0.2, 0.25) is 0 Å². The molecule has 0 heterocycles. The highest BCUT2D eigenvalue weighted by atomic mass is 19.4. The molecule has 45 heavy (non-hydrogen) atoms. The maximum absolute atomic E-state index is 15.1. The van der Waals surface area contributed by atoms with Crippen molar-refractivity contribution in [2.24, 2.45) is 11.8 Å². The minimum atomic E-state index is -4.61. The molecule has 2 fully saturated rings. The molecule has 0 amide bonds. The molecule has 0 atom stereocenters. The Balaban J connectivity index is 1.09. The van der Waals surface area contributed by atoms with Gasteiger partial charge in [0.1, 0.15) is 11.6 Å². The minimum absolute atomic E-state index is 0.182. The largest absolute Gasteiger partial charge is 0.412 e. The highest BCUT2D eigenvalue weighted by molar-refractivity contribution is 5.64. The SMILES string of the molecule is CCCCCC1CCC(c2ccc(-c3ccc(CCc4ccc(C5CCC(/C(F)=C/C(F)(F)F)CC5)cc4)c(F)c3)cc2)CC1. The Morgan fingerprint density at radius 1 is 0.711 bits per heavy atom. The number of aryl methyl sites for hydroxylation is 2. The Morgan fingerprint density at radius 3 is 1.87 bits per heavy atom. The first-order chi connectivity index (χ1) is 21.7. The Morgan fingerprint density at radius 2 is 1.29 bits per heavy atom. The highest BCUT2D eigenvalue weighted by Gasteiger charge is 2.30. The van der Waals surface area contributed by atoms with Gasteiger partial charge in [-0.2, -0.15) is 13.2 Å². The average molecular weight is 623 g/mol. The molecule has 0 aliphatic heterocycles. The predicted octanol–water partition coefficient (Wildman–Crippen LogP) is 12.8. The summed E-state index contributed by atoms with van der Waals surface area (Å²) in [6, 6.07) is 22.5. The zero-order chi connectivity index (χ0) is 31.8. The predicted molar refractivity (Wildman–Crippen MR) is 174 cm³/mol. The van der Waals surface area contributed by atoms with E-state index in [9.17, 15) is 17.6 Å². The van der Waals surface area contributed by atoms with Crippen LogP contribution in [-0.2, 0) is 12.8 Å². The van der Waals surface area contributed by atoms with E-state index in [1.165, 1.54) is 56.9 Å². The van der Waals surface area contributed by atoms with Gasteiger partial charge in [0.05, 0.1) is 6.08 Å². The summed E-state index contributed by atoms with van der Waals surface area (Å²) in [4.78, 5) is 0. The van der Waals surface area contributed by atoms with Crippen LogP contribution in [-0.4, -0.2) is 6.18 Å². The van der Waals surface area contributed by atoms with Gasteiger partial charge in [0.25, 0.3) is 0 Å². The van der Waals surface area contributed by atoms with Crippen LogP contribution in [0.2, 0.25) is 0 Å². The molecular weight excluding hydrogens is 575 g/mol. The van der Waals surface area contributed by atoms with E-state index in [4.69, 9.17) is 0 Å². The van der Waals surface area contributed by atoms with Gasteiger partial charge in [-0.25, -0.2) is 8.78 Å². The van der Waals surface area contributed by atoms with Crippen molar-refractivity contribution >= 4 is 0 Å². The van der Waals surface area contributed by atoms with Crippen molar-refractivity contribution in [3.05, 3.63) is 107 Å². The quantitative estimate of drug-likeness (QED) is 0.147. The lowest BCUT2D eigenvalue weighted by Gasteiger charge is -2.29. The minimum Gasteiger partial charge on any atom is -0.212 e. The Bertz CT molecular complexity index is 1370. The van der Waals surface area contributed by atoms with E-state index in [1.807, 2.05) is 12.1 Å². The number of benzene rings is 3. The number of hydrogen-bond acceptors (Lipinski definition) is 0. The first-order valence-electron chi connectivity index (χ1n) is 17.1. The number of alkyl halides is 3. The maximum Gasteiger partial charge on any atom is 0.412 e. The van der Waals surface area contributed by atoms with Crippen LogP contribution in [0.1, 0.15) is 118 Å². The van der Waals surface area contributed by atoms with Crippen molar-refractivity contribution in [2.45, 2.75) is 115 Å². The second-order valence-corrected chi connectivity index (χ2v) is 13.5. The first kappa shape index (κ1) is 33.4. The smallest absolute Gasteiger partial charge is 0.212 e. The van der Waals surface area contributed by atoms with Gasteiger partial charge in [-0.05, 0) is 121 Å². The van der Waals surface area contributed by atoms with Crippen molar-refractivity contribution in [2.75, 3.05) is 0 Å². The molecule has 2 aliphatic rings. The topological polar surface area (TPSA) is 0 Å². The van der Waals surface area contributed by atoms with E-state index in [1.54, 1.807) is 6.07 Å². The molecule has 242 valence electrons. The summed E-state index contributed by atoms with van der Waals surface area (Å²) in [5.74, 6) is -0.101. The van der Waals surface area contributed by atoms with Crippen LogP contribution in [0.25, 0.3) is 11.1 Å². The van der Waals surface area contributed by atoms with Gasteiger partial charge in [-0.3, -0.25) is 0 Å². The number of hydrogen-bond donors (Lipinski definition) is 0. The van der Waals surface area contributed by atoms with E-state index < -0.39 is 17.9 Å². The summed E-state index contributed by atoms with van der Waals surface area (Å²) in [7, 11) is 0. The number of unbranched alkanes of at least 4 members (excludes halogenated alkanes) is 2. The molecule has 0 N–H and O–H groups in total. The summed E-state index contributed by atoms with van der Waals surface area (Å²) in [6.45, 7) is 2.27. The van der Waals surface area contributed by atoms with Crippen LogP contribution in [0.4, 0.5) is 22.0 Å². The molecule has 0 spiro atoms. The van der Waals surface area contributed by atoms with E-state index in [0.717, 1.165) is 28.2 Å². The lowest BCUT2D eigenvalue weighted by Crippen LogP contribution is -2.15. The normalized spacial score (nSPS) is 22.8. The molecule has 0 unspecified atom stereocenters. The molecule has 5 heteroatoms. The zero-order valence-corrected chi connectivity index (χ0v) is 26.5. The Labute approximate surface area is 266 Å². The van der Waals surface area contributed by atoms with Gasteiger partial charge < -0.3 is 0 Å². The standard InChI is InChI=1S/C40H47F5/c1-2-3-4-5-28-6-11-30(12-7-28)32-16-18-34(19-17-32)37-25-24-35(38(41)26-37)15-10-29-8-13-31(14-9-29)33-20-22-36(23-21-33)39(42)27-40(43,44)45/h8-9,13-14,16-19,24-28,30,33,36H,2-7,10-12,15,20-23H2,1H3/b39-27-. The van der Waals surface area contributed by atoms with Crippen LogP contribution >= 0.6 is 0 Å². The van der Waals surface area contributed by atoms with E-state index >= 15 is 4.39 Å². The lowest BCUT2D eigenvalue weighted by atomic mass is 9.77. The van der Waals surface area contributed by atoms with Crippen LogP contribution in [0.5, 0.6) is 0 Å². The van der Waals surface area contributed by atoms with Crippen molar-refractivity contribution in [1.82, 2.24) is 0 Å². The summed E-state index contributed by atoms with van der Waals surface area (Å²) < 4.78 is 66.6. The molecule has 0 bridgehead atoms. The van der Waals surface area contributed by atoms with Gasteiger partial charge in [0.15, 0.2) is 0 Å². The van der Waals surface area contributed by atoms with Gasteiger partial charge in [0, 0.05) is 5.92 Å². The fourth-order valence-electron chi connectivity index (χ4n) is 7.56. The lowest BCUT2D eigenvalue weighted by molar-refractivity contribution is -0.0820. The first-order valence-corrected chi connectivity index (χ1v) is 17.1. The van der Waals surface area contributed by atoms with Crippen molar-refractivity contribution in [1.29, 1.82) is 0 Å². The van der Waals surface area contributed by atoms with Crippen LogP contribution in [0.3, 0.4) is 0 Å².